The Balaban J connectivity index is 4.22. The maximum absolute atomic E-state index is 12.9. The molecule has 71 heavy (non-hydrogen) atoms. The summed E-state index contributed by atoms with van der Waals surface area (Å²) in [5, 5.41) is 0. The van der Waals surface area contributed by atoms with Crippen LogP contribution in [0.4, 0.5) is 0 Å². The molecule has 1 unspecified atom stereocenters. The molecule has 0 aliphatic carbocycles. The van der Waals surface area contributed by atoms with Crippen molar-refractivity contribution in [3.63, 3.8) is 0 Å². The first-order chi connectivity index (χ1) is 35.0. The van der Waals surface area contributed by atoms with Crippen LogP contribution in [0, 0.1) is 0 Å². The van der Waals surface area contributed by atoms with Crippen LogP contribution in [0.25, 0.3) is 0 Å². The highest BCUT2D eigenvalue weighted by atomic mass is 16.6. The van der Waals surface area contributed by atoms with E-state index in [1.807, 2.05) is 0 Å². The van der Waals surface area contributed by atoms with Crippen LogP contribution < -0.4 is 0 Å². The van der Waals surface area contributed by atoms with Gasteiger partial charge in [0, 0.05) is 19.3 Å². The average Bonchev–Trinajstić information content (AvgIpc) is 3.37. The van der Waals surface area contributed by atoms with E-state index in [9.17, 15) is 14.4 Å². The lowest BCUT2D eigenvalue weighted by molar-refractivity contribution is -0.167. The smallest absolute Gasteiger partial charge is 0.306 e. The van der Waals surface area contributed by atoms with Crippen LogP contribution in [0.1, 0.15) is 380 Å². The molecule has 0 rings (SSSR count). The number of esters is 3. The van der Waals surface area contributed by atoms with Crippen molar-refractivity contribution in [2.45, 2.75) is 386 Å². The summed E-state index contributed by atoms with van der Waals surface area (Å²) in [6.45, 7) is 6.73. The predicted molar refractivity (Wildman–Crippen MR) is 307 cm³/mol. The van der Waals surface area contributed by atoms with Crippen LogP contribution in [0.15, 0.2) is 0 Å². The maximum Gasteiger partial charge on any atom is 0.306 e. The zero-order valence-corrected chi connectivity index (χ0v) is 48.5. The molecule has 0 aliphatic heterocycles. The van der Waals surface area contributed by atoms with Crippen LogP contribution in [-0.2, 0) is 28.6 Å². The van der Waals surface area contributed by atoms with E-state index in [0.717, 1.165) is 57.8 Å². The van der Waals surface area contributed by atoms with Gasteiger partial charge in [-0.15, -0.1) is 0 Å². The molecular weight excluding hydrogens is 877 g/mol. The fraction of sp³-hybridized carbons (Fsp3) is 0.954. The number of hydrogen-bond acceptors (Lipinski definition) is 6. The molecule has 0 spiro atoms. The number of unbranched alkanes of at least 4 members (excludes halogenated alkanes) is 50. The van der Waals surface area contributed by atoms with Gasteiger partial charge >= 0.3 is 17.9 Å². The van der Waals surface area contributed by atoms with Gasteiger partial charge in [0.25, 0.3) is 0 Å². The van der Waals surface area contributed by atoms with Crippen molar-refractivity contribution in [1.29, 1.82) is 0 Å². The summed E-state index contributed by atoms with van der Waals surface area (Å²) in [6.07, 6.45) is 69.7. The highest BCUT2D eigenvalue weighted by Crippen LogP contribution is 2.19. The van der Waals surface area contributed by atoms with Gasteiger partial charge in [-0.2, -0.15) is 0 Å². The van der Waals surface area contributed by atoms with Gasteiger partial charge in [0.1, 0.15) is 13.2 Å². The first-order valence-electron chi connectivity index (χ1n) is 32.5. The SMILES string of the molecule is CCCCCCCCCCCCCCCCCCCCCCCCCC(=O)OCC(COC(=O)CCCCCCCCCCCCCCCC)OC(=O)CCCCCCCCCCCCCCCCCC. The molecule has 1 atom stereocenters. The molecular formula is C65H126O6. The lowest BCUT2D eigenvalue weighted by Gasteiger charge is -2.18. The molecule has 0 bridgehead atoms. The van der Waals surface area contributed by atoms with Crippen LogP contribution in [0.3, 0.4) is 0 Å². The van der Waals surface area contributed by atoms with E-state index in [4.69, 9.17) is 14.2 Å². The van der Waals surface area contributed by atoms with Gasteiger partial charge in [0.2, 0.25) is 0 Å². The van der Waals surface area contributed by atoms with Gasteiger partial charge in [-0.3, -0.25) is 14.4 Å². The Kier molecular flexibility index (Phi) is 59.6. The third-order valence-corrected chi connectivity index (χ3v) is 15.1. The monoisotopic (exact) mass is 1000 g/mol. The molecule has 0 radical (unpaired) electrons. The largest absolute Gasteiger partial charge is 0.462 e. The van der Waals surface area contributed by atoms with E-state index < -0.39 is 6.10 Å². The molecule has 0 aromatic carbocycles. The van der Waals surface area contributed by atoms with Crippen molar-refractivity contribution >= 4 is 17.9 Å². The minimum Gasteiger partial charge on any atom is -0.462 e. The summed E-state index contributed by atoms with van der Waals surface area (Å²) in [5.41, 5.74) is 0. The van der Waals surface area contributed by atoms with E-state index >= 15 is 0 Å². The zero-order valence-electron chi connectivity index (χ0n) is 48.5. The standard InChI is InChI=1S/C65H126O6/c1-4-7-10-13-16-19-22-25-28-30-31-32-33-34-35-36-38-40-43-46-49-52-55-58-64(67)70-61-62(60-69-63(66)57-54-51-48-45-42-39-27-24-21-18-15-12-9-6-3)71-65(68)59-56-53-50-47-44-41-37-29-26-23-20-17-14-11-8-5-2/h62H,4-61H2,1-3H3. The Labute approximate surface area is 444 Å². The van der Waals surface area contributed by atoms with Crippen LogP contribution >= 0.6 is 0 Å². The Morgan fingerprint density at radius 2 is 0.380 bits per heavy atom. The average molecular weight is 1000 g/mol. The Morgan fingerprint density at radius 1 is 0.225 bits per heavy atom. The molecule has 0 aromatic rings. The first-order valence-corrected chi connectivity index (χ1v) is 32.5. The molecule has 0 amide bonds. The summed E-state index contributed by atoms with van der Waals surface area (Å²) < 4.78 is 17.0. The molecule has 0 fully saturated rings. The van der Waals surface area contributed by atoms with Gasteiger partial charge in [0.15, 0.2) is 6.10 Å². The minimum absolute atomic E-state index is 0.0605. The summed E-state index contributed by atoms with van der Waals surface area (Å²) in [6, 6.07) is 0. The summed E-state index contributed by atoms with van der Waals surface area (Å²) in [7, 11) is 0. The third-order valence-electron chi connectivity index (χ3n) is 15.1. The van der Waals surface area contributed by atoms with E-state index in [-0.39, 0.29) is 31.1 Å². The van der Waals surface area contributed by atoms with Gasteiger partial charge < -0.3 is 14.2 Å². The van der Waals surface area contributed by atoms with Crippen molar-refractivity contribution < 1.29 is 28.6 Å². The van der Waals surface area contributed by atoms with E-state index in [2.05, 4.69) is 20.8 Å². The highest BCUT2D eigenvalue weighted by Gasteiger charge is 2.19. The minimum atomic E-state index is -0.762. The fourth-order valence-corrected chi connectivity index (χ4v) is 10.2. The van der Waals surface area contributed by atoms with Crippen molar-refractivity contribution in [3.8, 4) is 0 Å². The molecule has 0 N–H and O–H groups in total. The van der Waals surface area contributed by atoms with Crippen molar-refractivity contribution in [2.24, 2.45) is 0 Å². The quantitative estimate of drug-likeness (QED) is 0.0343. The number of carbonyl (C=O) groups is 3. The molecule has 0 aromatic heterocycles. The number of hydrogen-bond donors (Lipinski definition) is 0. The number of ether oxygens (including phenoxy) is 3. The zero-order chi connectivity index (χ0) is 51.4. The fourth-order valence-electron chi connectivity index (χ4n) is 10.2. The van der Waals surface area contributed by atoms with Crippen LogP contribution in [0.2, 0.25) is 0 Å². The molecule has 422 valence electrons. The Hall–Kier alpha value is -1.59. The molecule has 0 heterocycles. The second-order valence-corrected chi connectivity index (χ2v) is 22.4. The predicted octanol–water partition coefficient (Wildman–Crippen LogP) is 21.9. The van der Waals surface area contributed by atoms with Gasteiger partial charge in [-0.05, 0) is 19.3 Å². The second kappa shape index (κ2) is 61.0. The second-order valence-electron chi connectivity index (χ2n) is 22.4. The first kappa shape index (κ1) is 69.4. The van der Waals surface area contributed by atoms with E-state index in [0.29, 0.717) is 19.3 Å². The lowest BCUT2D eigenvalue weighted by atomic mass is 10.0. The Morgan fingerprint density at radius 3 is 0.563 bits per heavy atom. The van der Waals surface area contributed by atoms with Crippen LogP contribution in [-0.4, -0.2) is 37.2 Å². The maximum atomic E-state index is 12.9. The third kappa shape index (κ3) is 59.2. The molecule has 0 saturated carbocycles. The van der Waals surface area contributed by atoms with Gasteiger partial charge in [0.05, 0.1) is 0 Å². The molecule has 6 nitrogen and oxygen atoms in total. The van der Waals surface area contributed by atoms with E-state index in [1.165, 1.54) is 283 Å². The van der Waals surface area contributed by atoms with Crippen molar-refractivity contribution in [2.75, 3.05) is 13.2 Å². The topological polar surface area (TPSA) is 78.9 Å². The lowest BCUT2D eigenvalue weighted by Crippen LogP contribution is -2.30. The van der Waals surface area contributed by atoms with Crippen LogP contribution in [0.5, 0.6) is 0 Å². The summed E-state index contributed by atoms with van der Waals surface area (Å²) >= 11 is 0. The van der Waals surface area contributed by atoms with Crippen molar-refractivity contribution in [3.05, 3.63) is 0 Å². The van der Waals surface area contributed by atoms with Gasteiger partial charge in [-0.1, -0.05) is 342 Å². The molecule has 0 aliphatic rings. The Bertz CT molecular complexity index is 1060. The summed E-state index contributed by atoms with van der Waals surface area (Å²) in [5.74, 6) is -0.825. The normalized spacial score (nSPS) is 11.9. The van der Waals surface area contributed by atoms with E-state index in [1.54, 1.807) is 0 Å². The van der Waals surface area contributed by atoms with Crippen molar-refractivity contribution in [1.82, 2.24) is 0 Å². The summed E-state index contributed by atoms with van der Waals surface area (Å²) in [4.78, 5) is 38.3. The van der Waals surface area contributed by atoms with Gasteiger partial charge in [-0.25, -0.2) is 0 Å². The number of rotatable bonds is 61. The number of carbonyl (C=O) groups excluding carboxylic acids is 3. The highest BCUT2D eigenvalue weighted by molar-refractivity contribution is 5.71. The molecule has 0 saturated heterocycles. The molecule has 6 heteroatoms.